The molecule has 0 fully saturated rings. The van der Waals surface area contributed by atoms with Gasteiger partial charge in [0.25, 0.3) is 0 Å². The van der Waals surface area contributed by atoms with Gasteiger partial charge in [0.05, 0.1) is 12.2 Å². The molecule has 2 aromatic rings. The molecule has 0 saturated carbocycles. The summed E-state index contributed by atoms with van der Waals surface area (Å²) in [5, 5.41) is 0. The second-order valence-corrected chi connectivity index (χ2v) is 6.10. The average molecular weight is 363 g/mol. The van der Waals surface area contributed by atoms with Crippen molar-refractivity contribution in [3.05, 3.63) is 58.1 Å². The highest BCUT2D eigenvalue weighted by molar-refractivity contribution is 9.10. The van der Waals surface area contributed by atoms with Gasteiger partial charge in [0.1, 0.15) is 11.5 Å². The summed E-state index contributed by atoms with van der Waals surface area (Å²) < 4.78 is 11.9. The third-order valence-corrected chi connectivity index (χ3v) is 3.67. The van der Waals surface area contributed by atoms with Gasteiger partial charge in [-0.15, -0.1) is 0 Å². The number of benzene rings is 2. The lowest BCUT2D eigenvalue weighted by molar-refractivity contribution is 0.0732. The van der Waals surface area contributed by atoms with Gasteiger partial charge in [0.2, 0.25) is 0 Å². The molecule has 0 N–H and O–H groups in total. The van der Waals surface area contributed by atoms with Crippen molar-refractivity contribution >= 4 is 21.9 Å². The number of carbonyl (C=O) groups excluding carboxylic acids is 1. The van der Waals surface area contributed by atoms with Crippen molar-refractivity contribution < 1.29 is 14.3 Å². The lowest BCUT2D eigenvalue weighted by Gasteiger charge is -2.13. The summed E-state index contributed by atoms with van der Waals surface area (Å²) in [6.07, 6.45) is 0. The van der Waals surface area contributed by atoms with Gasteiger partial charge in [0.15, 0.2) is 0 Å². The van der Waals surface area contributed by atoms with Crippen LogP contribution in [0.3, 0.4) is 0 Å². The zero-order valence-corrected chi connectivity index (χ0v) is 14.5. The van der Waals surface area contributed by atoms with Crippen molar-refractivity contribution in [1.29, 1.82) is 0 Å². The van der Waals surface area contributed by atoms with E-state index in [-0.39, 0.29) is 11.9 Å². The van der Waals surface area contributed by atoms with E-state index in [1.54, 1.807) is 18.2 Å². The molecule has 0 heterocycles. The van der Waals surface area contributed by atoms with E-state index in [0.717, 1.165) is 10.0 Å². The first-order valence-corrected chi connectivity index (χ1v) is 8.05. The van der Waals surface area contributed by atoms with Crippen molar-refractivity contribution in [1.82, 2.24) is 0 Å². The van der Waals surface area contributed by atoms with Crippen LogP contribution in [0.5, 0.6) is 11.5 Å². The Morgan fingerprint density at radius 1 is 1.18 bits per heavy atom. The van der Waals surface area contributed by atoms with E-state index in [1.807, 2.05) is 31.2 Å². The van der Waals surface area contributed by atoms with Gasteiger partial charge in [-0.05, 0) is 54.8 Å². The minimum absolute atomic E-state index is 0.259. The highest BCUT2D eigenvalue weighted by Crippen LogP contribution is 2.30. The lowest BCUT2D eigenvalue weighted by Crippen LogP contribution is -2.10. The van der Waals surface area contributed by atoms with Crippen LogP contribution in [0.15, 0.2) is 46.9 Å². The molecule has 0 aliphatic rings. The molecule has 116 valence electrons. The molecule has 0 aromatic heterocycles. The van der Waals surface area contributed by atoms with E-state index in [2.05, 4.69) is 29.8 Å². The topological polar surface area (TPSA) is 35.5 Å². The molecular weight excluding hydrogens is 344 g/mol. The number of carbonyl (C=O) groups is 1. The Morgan fingerprint density at radius 3 is 2.64 bits per heavy atom. The Balaban J connectivity index is 2.24. The Hall–Kier alpha value is -1.81. The van der Waals surface area contributed by atoms with Crippen molar-refractivity contribution in [3.63, 3.8) is 0 Å². The molecule has 0 bridgehead atoms. The van der Waals surface area contributed by atoms with E-state index < -0.39 is 0 Å². The number of rotatable bonds is 5. The zero-order valence-electron chi connectivity index (χ0n) is 12.9. The van der Waals surface area contributed by atoms with Crippen LogP contribution < -0.4 is 9.47 Å². The van der Waals surface area contributed by atoms with Gasteiger partial charge in [-0.2, -0.15) is 0 Å². The van der Waals surface area contributed by atoms with Crippen LogP contribution in [0.4, 0.5) is 0 Å². The van der Waals surface area contributed by atoms with Crippen molar-refractivity contribution in [2.24, 2.45) is 0 Å². The second kappa shape index (κ2) is 7.45. The lowest BCUT2D eigenvalue weighted by atomic mass is 10.0. The van der Waals surface area contributed by atoms with E-state index in [4.69, 9.17) is 9.47 Å². The zero-order chi connectivity index (χ0) is 16.1. The molecule has 0 amide bonds. The van der Waals surface area contributed by atoms with Crippen LogP contribution in [-0.2, 0) is 0 Å². The minimum atomic E-state index is -0.384. The number of hydrogen-bond donors (Lipinski definition) is 0. The van der Waals surface area contributed by atoms with Crippen LogP contribution in [0.1, 0.15) is 42.6 Å². The summed E-state index contributed by atoms with van der Waals surface area (Å²) in [6, 6.07) is 12.7. The SMILES string of the molecule is CCOc1cccc(C(=O)Oc2ccc(Br)cc2C(C)C)c1. The van der Waals surface area contributed by atoms with Crippen LogP contribution >= 0.6 is 15.9 Å². The summed E-state index contributed by atoms with van der Waals surface area (Å²) in [6.45, 7) is 6.59. The Morgan fingerprint density at radius 2 is 1.95 bits per heavy atom. The molecule has 0 radical (unpaired) electrons. The van der Waals surface area contributed by atoms with Gasteiger partial charge in [-0.25, -0.2) is 4.79 Å². The van der Waals surface area contributed by atoms with Crippen molar-refractivity contribution in [2.45, 2.75) is 26.7 Å². The predicted molar refractivity (Wildman–Crippen MR) is 90.8 cm³/mol. The van der Waals surface area contributed by atoms with Crippen LogP contribution in [0.2, 0.25) is 0 Å². The predicted octanol–water partition coefficient (Wildman–Crippen LogP) is 5.19. The molecule has 0 unspecified atom stereocenters. The molecule has 0 aliphatic heterocycles. The summed E-state index contributed by atoms with van der Waals surface area (Å²) >= 11 is 3.45. The standard InChI is InChI=1S/C18H19BrO3/c1-4-21-15-7-5-6-13(10-15)18(20)22-17-9-8-14(19)11-16(17)12(2)3/h5-12H,4H2,1-3H3. The molecule has 2 rings (SSSR count). The van der Waals surface area contributed by atoms with Gasteiger partial charge in [-0.3, -0.25) is 0 Å². The normalized spacial score (nSPS) is 10.6. The molecule has 0 aliphatic carbocycles. The average Bonchev–Trinajstić information content (AvgIpc) is 2.49. The maximum atomic E-state index is 12.3. The largest absolute Gasteiger partial charge is 0.494 e. The molecule has 0 spiro atoms. The fourth-order valence-corrected chi connectivity index (χ4v) is 2.48. The van der Waals surface area contributed by atoms with Gasteiger partial charge < -0.3 is 9.47 Å². The Labute approximate surface area is 139 Å². The van der Waals surface area contributed by atoms with E-state index in [1.165, 1.54) is 0 Å². The molecule has 22 heavy (non-hydrogen) atoms. The van der Waals surface area contributed by atoms with Crippen molar-refractivity contribution in [2.75, 3.05) is 6.61 Å². The minimum Gasteiger partial charge on any atom is -0.494 e. The van der Waals surface area contributed by atoms with Crippen LogP contribution in [-0.4, -0.2) is 12.6 Å². The first-order valence-electron chi connectivity index (χ1n) is 7.25. The number of hydrogen-bond acceptors (Lipinski definition) is 3. The third-order valence-electron chi connectivity index (χ3n) is 3.18. The monoisotopic (exact) mass is 362 g/mol. The summed E-state index contributed by atoms with van der Waals surface area (Å²) in [4.78, 5) is 12.3. The Bertz CT molecular complexity index is 665. The van der Waals surface area contributed by atoms with Crippen LogP contribution in [0.25, 0.3) is 0 Å². The Kier molecular flexibility index (Phi) is 5.61. The summed E-state index contributed by atoms with van der Waals surface area (Å²) in [5.74, 6) is 1.13. The van der Waals surface area contributed by atoms with Gasteiger partial charge in [-0.1, -0.05) is 35.8 Å². The maximum Gasteiger partial charge on any atom is 0.343 e. The smallest absolute Gasteiger partial charge is 0.343 e. The molecule has 2 aromatic carbocycles. The first kappa shape index (κ1) is 16.6. The van der Waals surface area contributed by atoms with E-state index >= 15 is 0 Å². The number of halogens is 1. The quantitative estimate of drug-likeness (QED) is 0.542. The van der Waals surface area contributed by atoms with Gasteiger partial charge in [0, 0.05) is 4.47 Å². The van der Waals surface area contributed by atoms with Gasteiger partial charge >= 0.3 is 5.97 Å². The highest BCUT2D eigenvalue weighted by atomic mass is 79.9. The fourth-order valence-electron chi connectivity index (χ4n) is 2.10. The van der Waals surface area contributed by atoms with Crippen LogP contribution in [0, 0.1) is 0 Å². The van der Waals surface area contributed by atoms with E-state index in [9.17, 15) is 4.79 Å². The van der Waals surface area contributed by atoms with E-state index in [0.29, 0.717) is 23.7 Å². The molecule has 4 heteroatoms. The molecule has 0 atom stereocenters. The third kappa shape index (κ3) is 4.10. The first-order chi connectivity index (χ1) is 10.5. The fraction of sp³-hybridized carbons (Fsp3) is 0.278. The number of esters is 1. The molecular formula is C18H19BrO3. The summed E-state index contributed by atoms with van der Waals surface area (Å²) in [7, 11) is 0. The summed E-state index contributed by atoms with van der Waals surface area (Å²) in [5.41, 5.74) is 1.47. The molecule has 0 saturated heterocycles. The second-order valence-electron chi connectivity index (χ2n) is 5.19. The molecule has 3 nitrogen and oxygen atoms in total. The van der Waals surface area contributed by atoms with Crippen molar-refractivity contribution in [3.8, 4) is 11.5 Å². The number of ether oxygens (including phenoxy) is 2. The highest BCUT2D eigenvalue weighted by Gasteiger charge is 2.14. The maximum absolute atomic E-state index is 12.3.